The minimum absolute atomic E-state index is 0.103. The van der Waals surface area contributed by atoms with Gasteiger partial charge in [0.05, 0.1) is 23.7 Å². The molecule has 5 heteroatoms. The molecule has 1 rings (SSSR count). The van der Waals surface area contributed by atoms with E-state index in [9.17, 15) is 4.79 Å². The standard InChI is InChI=1S/C13H17Cl2NO2/c1-7-5-11(15)12(6-10(7)14)16-9(3)8(2)13(17)18-4/h5-6,8-9,16H,1-4H3. The van der Waals surface area contributed by atoms with E-state index in [1.807, 2.05) is 13.8 Å². The second-order valence-electron chi connectivity index (χ2n) is 4.33. The lowest BCUT2D eigenvalue weighted by Crippen LogP contribution is -2.30. The number of halogens is 2. The molecule has 0 aromatic heterocycles. The summed E-state index contributed by atoms with van der Waals surface area (Å²) >= 11 is 12.2. The smallest absolute Gasteiger partial charge is 0.310 e. The molecule has 0 spiro atoms. The van der Waals surface area contributed by atoms with Crippen LogP contribution in [0.2, 0.25) is 10.0 Å². The quantitative estimate of drug-likeness (QED) is 0.854. The number of methoxy groups -OCH3 is 1. The maximum atomic E-state index is 11.4. The zero-order valence-corrected chi connectivity index (χ0v) is 12.4. The lowest BCUT2D eigenvalue weighted by atomic mass is 10.0. The third-order valence-corrected chi connectivity index (χ3v) is 3.67. The monoisotopic (exact) mass is 289 g/mol. The summed E-state index contributed by atoms with van der Waals surface area (Å²) in [6.45, 7) is 5.58. The average Bonchev–Trinajstić information content (AvgIpc) is 2.33. The molecule has 2 unspecified atom stereocenters. The van der Waals surface area contributed by atoms with Gasteiger partial charge in [-0.15, -0.1) is 0 Å². The zero-order chi connectivity index (χ0) is 13.9. The molecule has 0 radical (unpaired) electrons. The van der Waals surface area contributed by atoms with Crippen LogP contribution in [0.1, 0.15) is 19.4 Å². The van der Waals surface area contributed by atoms with Gasteiger partial charge in [-0.1, -0.05) is 23.2 Å². The third-order valence-electron chi connectivity index (χ3n) is 2.95. The molecule has 0 fully saturated rings. The van der Waals surface area contributed by atoms with Gasteiger partial charge in [0, 0.05) is 11.1 Å². The summed E-state index contributed by atoms with van der Waals surface area (Å²) in [5, 5.41) is 4.40. The van der Waals surface area contributed by atoms with Gasteiger partial charge in [-0.05, 0) is 38.5 Å². The highest BCUT2D eigenvalue weighted by Gasteiger charge is 2.21. The van der Waals surface area contributed by atoms with Gasteiger partial charge < -0.3 is 10.1 Å². The first kappa shape index (κ1) is 15.1. The molecule has 1 N–H and O–H groups in total. The molecule has 1 aromatic carbocycles. The van der Waals surface area contributed by atoms with E-state index >= 15 is 0 Å². The van der Waals surface area contributed by atoms with Crippen LogP contribution in [0.4, 0.5) is 5.69 Å². The van der Waals surface area contributed by atoms with Crippen LogP contribution in [0.15, 0.2) is 12.1 Å². The Hall–Kier alpha value is -0.930. The zero-order valence-electron chi connectivity index (χ0n) is 10.9. The van der Waals surface area contributed by atoms with E-state index in [4.69, 9.17) is 27.9 Å². The fourth-order valence-corrected chi connectivity index (χ4v) is 1.95. The molecule has 100 valence electrons. The van der Waals surface area contributed by atoms with Crippen molar-refractivity contribution in [3.8, 4) is 0 Å². The van der Waals surface area contributed by atoms with Crippen molar-refractivity contribution in [1.82, 2.24) is 0 Å². The Bertz CT molecular complexity index is 449. The van der Waals surface area contributed by atoms with Crippen LogP contribution in [0.3, 0.4) is 0 Å². The van der Waals surface area contributed by atoms with Crippen molar-refractivity contribution in [2.75, 3.05) is 12.4 Å². The summed E-state index contributed by atoms with van der Waals surface area (Å²) < 4.78 is 4.71. The molecule has 0 aliphatic heterocycles. The minimum atomic E-state index is -0.272. The Kier molecular flexibility index (Phi) is 5.29. The summed E-state index contributed by atoms with van der Waals surface area (Å²) in [5.74, 6) is -0.532. The van der Waals surface area contributed by atoms with Crippen molar-refractivity contribution in [1.29, 1.82) is 0 Å². The van der Waals surface area contributed by atoms with Crippen molar-refractivity contribution >= 4 is 34.9 Å². The number of nitrogens with one attached hydrogen (secondary N) is 1. The predicted octanol–water partition coefficient (Wildman–Crippen LogP) is 3.91. The normalized spacial score (nSPS) is 13.9. The molecule has 0 aliphatic rings. The number of hydrogen-bond acceptors (Lipinski definition) is 3. The van der Waals surface area contributed by atoms with Crippen LogP contribution in [0.5, 0.6) is 0 Å². The molecule has 0 heterocycles. The van der Waals surface area contributed by atoms with E-state index in [0.29, 0.717) is 10.0 Å². The van der Waals surface area contributed by atoms with Crippen LogP contribution >= 0.6 is 23.2 Å². The first-order valence-electron chi connectivity index (χ1n) is 5.66. The fourth-order valence-electron chi connectivity index (χ4n) is 1.52. The Morgan fingerprint density at radius 1 is 1.28 bits per heavy atom. The predicted molar refractivity (Wildman–Crippen MR) is 75.5 cm³/mol. The topological polar surface area (TPSA) is 38.3 Å². The number of hydrogen-bond donors (Lipinski definition) is 1. The van der Waals surface area contributed by atoms with E-state index in [1.165, 1.54) is 7.11 Å². The van der Waals surface area contributed by atoms with Gasteiger partial charge in [-0.25, -0.2) is 0 Å². The summed E-state index contributed by atoms with van der Waals surface area (Å²) in [6.07, 6.45) is 0. The van der Waals surface area contributed by atoms with Gasteiger partial charge in [0.15, 0.2) is 0 Å². The van der Waals surface area contributed by atoms with Gasteiger partial charge >= 0.3 is 5.97 Å². The first-order valence-corrected chi connectivity index (χ1v) is 6.42. The lowest BCUT2D eigenvalue weighted by Gasteiger charge is -2.21. The van der Waals surface area contributed by atoms with E-state index < -0.39 is 0 Å². The average molecular weight is 290 g/mol. The molecule has 1 aromatic rings. The number of ether oxygens (including phenoxy) is 1. The highest BCUT2D eigenvalue weighted by Crippen LogP contribution is 2.29. The first-order chi connectivity index (χ1) is 8.36. The molecule has 18 heavy (non-hydrogen) atoms. The van der Waals surface area contributed by atoms with E-state index in [-0.39, 0.29) is 17.9 Å². The molecular formula is C13H17Cl2NO2. The number of aryl methyl sites for hydroxylation is 1. The SMILES string of the molecule is COC(=O)C(C)C(C)Nc1cc(Cl)c(C)cc1Cl. The van der Waals surface area contributed by atoms with Crippen LogP contribution < -0.4 is 5.32 Å². The summed E-state index contributed by atoms with van der Waals surface area (Å²) in [4.78, 5) is 11.4. The largest absolute Gasteiger partial charge is 0.469 e. The lowest BCUT2D eigenvalue weighted by molar-refractivity contribution is -0.145. The minimum Gasteiger partial charge on any atom is -0.469 e. The van der Waals surface area contributed by atoms with Gasteiger partial charge in [-0.3, -0.25) is 4.79 Å². The van der Waals surface area contributed by atoms with Crippen molar-refractivity contribution < 1.29 is 9.53 Å². The molecule has 0 bridgehead atoms. The second kappa shape index (κ2) is 6.30. The highest BCUT2D eigenvalue weighted by molar-refractivity contribution is 6.35. The summed E-state index contributed by atoms with van der Waals surface area (Å²) in [5.41, 5.74) is 1.64. The van der Waals surface area contributed by atoms with E-state index in [2.05, 4.69) is 5.32 Å². The fraction of sp³-hybridized carbons (Fsp3) is 0.462. The molecule has 0 saturated carbocycles. The Balaban J connectivity index is 2.85. The summed E-state index contributed by atoms with van der Waals surface area (Å²) in [7, 11) is 1.38. The molecular weight excluding hydrogens is 273 g/mol. The van der Waals surface area contributed by atoms with Crippen molar-refractivity contribution in [2.24, 2.45) is 5.92 Å². The number of esters is 1. The molecule has 0 amide bonds. The van der Waals surface area contributed by atoms with Crippen LogP contribution in [0.25, 0.3) is 0 Å². The number of carbonyl (C=O) groups is 1. The van der Waals surface area contributed by atoms with Crippen LogP contribution in [0, 0.1) is 12.8 Å². The molecule has 3 nitrogen and oxygen atoms in total. The van der Waals surface area contributed by atoms with Crippen LogP contribution in [-0.2, 0) is 9.53 Å². The third kappa shape index (κ3) is 3.53. The van der Waals surface area contributed by atoms with E-state index in [1.54, 1.807) is 19.1 Å². The molecule has 0 aliphatic carbocycles. The van der Waals surface area contributed by atoms with Crippen molar-refractivity contribution in [3.63, 3.8) is 0 Å². The maximum absolute atomic E-state index is 11.4. The molecule has 2 atom stereocenters. The number of anilines is 1. The van der Waals surface area contributed by atoms with Crippen molar-refractivity contribution in [2.45, 2.75) is 26.8 Å². The van der Waals surface area contributed by atoms with Crippen LogP contribution in [-0.4, -0.2) is 19.1 Å². The van der Waals surface area contributed by atoms with Gasteiger partial charge in [0.25, 0.3) is 0 Å². The Labute approximate surface area is 117 Å². The number of benzene rings is 1. The van der Waals surface area contributed by atoms with Gasteiger partial charge in [-0.2, -0.15) is 0 Å². The number of rotatable bonds is 4. The van der Waals surface area contributed by atoms with Gasteiger partial charge in [0.2, 0.25) is 0 Å². The Morgan fingerprint density at radius 3 is 2.44 bits per heavy atom. The number of carbonyl (C=O) groups excluding carboxylic acids is 1. The Morgan fingerprint density at radius 2 is 1.89 bits per heavy atom. The second-order valence-corrected chi connectivity index (χ2v) is 5.14. The molecule has 0 saturated heterocycles. The van der Waals surface area contributed by atoms with Crippen molar-refractivity contribution in [3.05, 3.63) is 27.7 Å². The maximum Gasteiger partial charge on any atom is 0.310 e. The highest BCUT2D eigenvalue weighted by atomic mass is 35.5. The summed E-state index contributed by atoms with van der Waals surface area (Å²) in [6, 6.07) is 3.45. The van der Waals surface area contributed by atoms with E-state index in [0.717, 1.165) is 11.3 Å². The van der Waals surface area contributed by atoms with Gasteiger partial charge in [0.1, 0.15) is 0 Å².